The summed E-state index contributed by atoms with van der Waals surface area (Å²) in [6.07, 6.45) is 6.24. The van der Waals surface area contributed by atoms with Gasteiger partial charge in [-0.15, -0.1) is 0 Å². The Bertz CT molecular complexity index is 988. The predicted molar refractivity (Wildman–Crippen MR) is 128 cm³/mol. The Balaban J connectivity index is 1.04. The molecule has 3 amide bonds. The van der Waals surface area contributed by atoms with Crippen molar-refractivity contribution in [2.24, 2.45) is 11.3 Å². The van der Waals surface area contributed by atoms with E-state index in [1.165, 1.54) is 45.3 Å². The molecule has 1 atom stereocenters. The second-order valence-electron chi connectivity index (χ2n) is 11.1. The number of piperidine rings is 1. The first-order valence-electron chi connectivity index (χ1n) is 13.0. The van der Waals surface area contributed by atoms with Crippen LogP contribution in [0.2, 0.25) is 0 Å². The fourth-order valence-electron chi connectivity index (χ4n) is 6.62. The lowest BCUT2D eigenvalue weighted by Crippen LogP contribution is -2.55. The number of fused-ring (bicyclic) bond motifs is 1. The lowest BCUT2D eigenvalue weighted by atomic mass is 9.67. The van der Waals surface area contributed by atoms with Crippen LogP contribution in [0, 0.1) is 11.3 Å². The summed E-state index contributed by atoms with van der Waals surface area (Å²) in [5.74, 6) is 0.135. The highest BCUT2D eigenvalue weighted by atomic mass is 16.2. The van der Waals surface area contributed by atoms with Crippen molar-refractivity contribution < 1.29 is 14.4 Å². The fourth-order valence-corrected chi connectivity index (χ4v) is 6.62. The minimum absolute atomic E-state index is 0.104. The van der Waals surface area contributed by atoms with Crippen LogP contribution in [0.3, 0.4) is 0 Å². The maximum atomic E-state index is 12.9. The van der Waals surface area contributed by atoms with Crippen LogP contribution in [0.1, 0.15) is 54.4 Å². The van der Waals surface area contributed by atoms with Crippen molar-refractivity contribution in [3.63, 3.8) is 0 Å². The molecule has 1 aromatic carbocycles. The third-order valence-electron chi connectivity index (χ3n) is 8.93. The minimum Gasteiger partial charge on any atom is -0.369 e. The van der Waals surface area contributed by atoms with Crippen molar-refractivity contribution in [3.05, 3.63) is 29.3 Å². The molecule has 2 N–H and O–H groups in total. The maximum absolute atomic E-state index is 12.9. The Morgan fingerprint density at radius 3 is 2.41 bits per heavy atom. The first kappa shape index (κ1) is 22.0. The van der Waals surface area contributed by atoms with Gasteiger partial charge in [0.25, 0.3) is 5.91 Å². The third-order valence-corrected chi connectivity index (χ3v) is 8.93. The molecule has 0 unspecified atom stereocenters. The van der Waals surface area contributed by atoms with E-state index in [9.17, 15) is 14.4 Å². The average Bonchev–Trinajstić information content (AvgIpc) is 3.14. The van der Waals surface area contributed by atoms with Crippen LogP contribution in [0.15, 0.2) is 18.2 Å². The van der Waals surface area contributed by atoms with Crippen LogP contribution in [-0.4, -0.2) is 79.4 Å². The van der Waals surface area contributed by atoms with Gasteiger partial charge in [-0.3, -0.25) is 24.6 Å². The molecule has 0 aromatic heterocycles. The molecule has 0 bridgehead atoms. The molecule has 1 aliphatic carbocycles. The van der Waals surface area contributed by atoms with Crippen molar-refractivity contribution in [1.29, 1.82) is 0 Å². The monoisotopic (exact) mass is 465 g/mol. The molecule has 5 aliphatic rings. The highest BCUT2D eigenvalue weighted by molar-refractivity contribution is 6.05. The van der Waals surface area contributed by atoms with Crippen LogP contribution in [0.4, 0.5) is 5.69 Å². The smallest absolute Gasteiger partial charge is 0.255 e. The van der Waals surface area contributed by atoms with Gasteiger partial charge in [-0.2, -0.15) is 0 Å². The van der Waals surface area contributed by atoms with E-state index in [4.69, 9.17) is 0 Å². The Morgan fingerprint density at radius 2 is 1.74 bits per heavy atom. The van der Waals surface area contributed by atoms with E-state index < -0.39 is 6.04 Å². The summed E-state index contributed by atoms with van der Waals surface area (Å²) >= 11 is 0. The first-order chi connectivity index (χ1) is 16.5. The number of benzene rings is 1. The topological polar surface area (TPSA) is 85.0 Å². The first-order valence-corrected chi connectivity index (χ1v) is 13.0. The van der Waals surface area contributed by atoms with E-state index >= 15 is 0 Å². The van der Waals surface area contributed by atoms with Crippen molar-refractivity contribution >= 4 is 23.4 Å². The van der Waals surface area contributed by atoms with Crippen LogP contribution in [0.5, 0.6) is 0 Å². The third kappa shape index (κ3) is 4.01. The maximum Gasteiger partial charge on any atom is 0.255 e. The summed E-state index contributed by atoms with van der Waals surface area (Å²) in [6.45, 7) is 8.31. The van der Waals surface area contributed by atoms with E-state index in [-0.39, 0.29) is 24.1 Å². The highest BCUT2D eigenvalue weighted by Gasteiger charge is 2.41. The van der Waals surface area contributed by atoms with Crippen LogP contribution in [-0.2, 0) is 16.1 Å². The molecule has 34 heavy (non-hydrogen) atoms. The van der Waals surface area contributed by atoms with Gasteiger partial charge in [0.15, 0.2) is 0 Å². The Kier molecular flexibility index (Phi) is 5.60. The Labute approximate surface area is 201 Å². The number of nitrogens with one attached hydrogen (secondary N) is 2. The van der Waals surface area contributed by atoms with E-state index in [2.05, 4.69) is 26.5 Å². The zero-order chi connectivity index (χ0) is 23.3. The number of carbonyl (C=O) groups excluding carboxylic acids is 3. The van der Waals surface area contributed by atoms with Crippen LogP contribution >= 0.6 is 0 Å². The Morgan fingerprint density at radius 1 is 0.971 bits per heavy atom. The fraction of sp³-hybridized carbons (Fsp3) is 0.654. The number of hydrogen-bond donors (Lipinski definition) is 2. The van der Waals surface area contributed by atoms with Gasteiger partial charge >= 0.3 is 0 Å². The second-order valence-corrected chi connectivity index (χ2v) is 11.1. The van der Waals surface area contributed by atoms with Gasteiger partial charge in [0.05, 0.1) is 0 Å². The number of carbonyl (C=O) groups is 3. The number of piperazine rings is 1. The summed E-state index contributed by atoms with van der Waals surface area (Å²) in [7, 11) is 0. The molecule has 1 spiro atoms. The Hall–Kier alpha value is -2.45. The molecule has 6 rings (SSSR count). The van der Waals surface area contributed by atoms with E-state index in [0.717, 1.165) is 43.3 Å². The van der Waals surface area contributed by atoms with E-state index in [1.54, 1.807) is 4.90 Å². The second kappa shape index (κ2) is 8.64. The number of hydrogen-bond acceptors (Lipinski definition) is 6. The average molecular weight is 466 g/mol. The quantitative estimate of drug-likeness (QED) is 0.653. The number of nitrogens with zero attached hydrogens (tertiary/aromatic N) is 3. The molecule has 8 nitrogen and oxygen atoms in total. The summed E-state index contributed by atoms with van der Waals surface area (Å²) < 4.78 is 0. The summed E-state index contributed by atoms with van der Waals surface area (Å²) in [4.78, 5) is 43.4. The van der Waals surface area contributed by atoms with Gasteiger partial charge in [-0.05, 0) is 67.2 Å². The lowest BCUT2D eigenvalue weighted by molar-refractivity contribution is -0.136. The van der Waals surface area contributed by atoms with Gasteiger partial charge < -0.3 is 15.1 Å². The van der Waals surface area contributed by atoms with Gasteiger partial charge in [-0.25, -0.2) is 0 Å². The van der Waals surface area contributed by atoms with Crippen molar-refractivity contribution in [2.75, 3.05) is 50.7 Å². The van der Waals surface area contributed by atoms with Crippen molar-refractivity contribution in [2.45, 2.75) is 51.1 Å². The zero-order valence-corrected chi connectivity index (χ0v) is 19.9. The number of imide groups is 1. The van der Waals surface area contributed by atoms with Gasteiger partial charge in [-0.1, -0.05) is 0 Å². The molecular weight excluding hydrogens is 430 g/mol. The molecule has 4 aliphatic heterocycles. The van der Waals surface area contributed by atoms with Crippen LogP contribution in [0.25, 0.3) is 0 Å². The molecule has 4 fully saturated rings. The lowest BCUT2D eigenvalue weighted by Gasteiger charge is -2.48. The molecule has 4 heterocycles. The molecule has 1 aromatic rings. The van der Waals surface area contributed by atoms with Crippen LogP contribution < -0.4 is 15.5 Å². The van der Waals surface area contributed by atoms with E-state index in [0.29, 0.717) is 23.9 Å². The number of amides is 3. The normalized spacial score (nSPS) is 27.6. The number of anilines is 1. The largest absolute Gasteiger partial charge is 0.369 e. The number of rotatable bonds is 4. The van der Waals surface area contributed by atoms with Gasteiger partial charge in [0, 0.05) is 70.0 Å². The van der Waals surface area contributed by atoms with Crippen molar-refractivity contribution in [3.8, 4) is 0 Å². The summed E-state index contributed by atoms with van der Waals surface area (Å²) in [5, 5.41) is 5.83. The standard InChI is InChI=1S/C26H35N5O3/c32-23-4-3-22(24(33)28-23)31-15-19-13-20(1-2-21(19)25(31)34)30-11-9-29(10-12-30)14-18-5-7-26(8-6-18)16-27-17-26/h1-2,13,18,22,27H,3-12,14-17H2,(H,28,32,33)/t22-/m0/s1. The molecule has 182 valence electrons. The van der Waals surface area contributed by atoms with Gasteiger partial charge in [0.2, 0.25) is 11.8 Å². The molecular formula is C26H35N5O3. The SMILES string of the molecule is O=C1CC[C@H](N2Cc3cc(N4CCN(CC5CCC6(CC5)CNC6)CC4)ccc3C2=O)C(=O)N1. The molecule has 3 saturated heterocycles. The van der Waals surface area contributed by atoms with Crippen molar-refractivity contribution in [1.82, 2.24) is 20.4 Å². The highest BCUT2D eigenvalue weighted by Crippen LogP contribution is 2.42. The summed E-state index contributed by atoms with van der Waals surface area (Å²) in [6, 6.07) is 5.54. The summed E-state index contributed by atoms with van der Waals surface area (Å²) in [5.41, 5.74) is 3.46. The minimum atomic E-state index is -0.556. The van der Waals surface area contributed by atoms with E-state index in [1.807, 2.05) is 12.1 Å². The predicted octanol–water partition coefficient (Wildman–Crippen LogP) is 1.35. The van der Waals surface area contributed by atoms with Gasteiger partial charge in [0.1, 0.15) is 6.04 Å². The zero-order valence-electron chi connectivity index (χ0n) is 19.9. The molecule has 8 heteroatoms. The molecule has 1 saturated carbocycles. The molecule has 0 radical (unpaired) electrons.